The Hall–Kier alpha value is -1.79. The Morgan fingerprint density at radius 2 is 2.04 bits per heavy atom. The number of aromatic nitrogens is 2. The van der Waals surface area contributed by atoms with Crippen molar-refractivity contribution in [1.82, 2.24) is 9.97 Å². The lowest BCUT2D eigenvalue weighted by molar-refractivity contribution is 0.344. The third-order valence-electron chi connectivity index (χ3n) is 4.63. The number of rotatable bonds is 6. The first-order valence-corrected chi connectivity index (χ1v) is 11.0. The first-order chi connectivity index (χ1) is 12.7. The largest absolute Gasteiger partial charge is 0.493 e. The number of nitrogens with zero attached hydrogens (tertiary/aromatic N) is 1. The van der Waals surface area contributed by atoms with E-state index in [4.69, 9.17) is 9.72 Å². The molecule has 0 radical (unpaired) electrons. The minimum Gasteiger partial charge on any atom is -0.493 e. The first kappa shape index (κ1) is 17.6. The summed E-state index contributed by atoms with van der Waals surface area (Å²) < 4.78 is 5.74. The van der Waals surface area contributed by atoms with Crippen molar-refractivity contribution < 1.29 is 4.74 Å². The maximum Gasteiger partial charge on any atom is 0.259 e. The van der Waals surface area contributed by atoms with Crippen LogP contribution in [0.15, 0.2) is 29.1 Å². The van der Waals surface area contributed by atoms with Crippen LogP contribution in [0.25, 0.3) is 10.2 Å². The van der Waals surface area contributed by atoms with Gasteiger partial charge in [0.05, 0.1) is 17.7 Å². The van der Waals surface area contributed by atoms with Gasteiger partial charge in [0, 0.05) is 10.6 Å². The summed E-state index contributed by atoms with van der Waals surface area (Å²) in [7, 11) is 0. The molecule has 1 N–H and O–H groups in total. The number of thioether (sulfide) groups is 1. The van der Waals surface area contributed by atoms with Crippen LogP contribution in [0, 0.1) is 6.92 Å². The summed E-state index contributed by atoms with van der Waals surface area (Å²) in [5.41, 5.74) is 2.50. The molecule has 1 aromatic carbocycles. The van der Waals surface area contributed by atoms with Crippen LogP contribution in [0.1, 0.15) is 34.7 Å². The third-order valence-corrected chi connectivity index (χ3v) is 6.75. The highest BCUT2D eigenvalue weighted by Crippen LogP contribution is 2.33. The standard InChI is InChI=1S/C20H22N2O2S2/c1-13-6-8-14(9-7-13)24-10-11-25-12-17-21-19(23)18-15-4-2-3-5-16(15)26-20(18)22-17/h6-9H,2-5,10-12H2,1H3,(H,21,22,23). The predicted molar refractivity (Wildman–Crippen MR) is 110 cm³/mol. The molecule has 0 atom stereocenters. The molecule has 0 amide bonds. The van der Waals surface area contributed by atoms with Crippen molar-refractivity contribution >= 4 is 33.3 Å². The van der Waals surface area contributed by atoms with Gasteiger partial charge in [-0.15, -0.1) is 11.3 Å². The van der Waals surface area contributed by atoms with Gasteiger partial charge in [0.2, 0.25) is 0 Å². The molecule has 1 aliphatic carbocycles. The SMILES string of the molecule is Cc1ccc(OCCSCc2nc3sc4c(c3c(=O)[nH]2)CCCC4)cc1. The van der Waals surface area contributed by atoms with Crippen molar-refractivity contribution in [2.75, 3.05) is 12.4 Å². The molecule has 6 heteroatoms. The van der Waals surface area contributed by atoms with Crippen molar-refractivity contribution in [3.05, 3.63) is 56.4 Å². The van der Waals surface area contributed by atoms with Gasteiger partial charge >= 0.3 is 0 Å². The highest BCUT2D eigenvalue weighted by Gasteiger charge is 2.19. The molecule has 4 nitrogen and oxygen atoms in total. The quantitative estimate of drug-likeness (QED) is 0.635. The molecule has 136 valence electrons. The van der Waals surface area contributed by atoms with E-state index >= 15 is 0 Å². The molecule has 0 spiro atoms. The Labute approximate surface area is 161 Å². The van der Waals surface area contributed by atoms with E-state index in [0.717, 1.165) is 40.4 Å². The first-order valence-electron chi connectivity index (χ1n) is 9.01. The summed E-state index contributed by atoms with van der Waals surface area (Å²) in [6, 6.07) is 8.08. The van der Waals surface area contributed by atoms with E-state index in [1.165, 1.54) is 28.8 Å². The molecule has 0 aliphatic heterocycles. The van der Waals surface area contributed by atoms with E-state index in [2.05, 4.69) is 11.9 Å². The molecular formula is C20H22N2O2S2. The number of thiophene rings is 1. The van der Waals surface area contributed by atoms with Crippen LogP contribution in [0.4, 0.5) is 0 Å². The summed E-state index contributed by atoms with van der Waals surface area (Å²) >= 11 is 3.43. The summed E-state index contributed by atoms with van der Waals surface area (Å²) in [6.07, 6.45) is 4.51. The molecule has 2 heterocycles. The Morgan fingerprint density at radius 1 is 1.23 bits per heavy atom. The lowest BCUT2D eigenvalue weighted by Gasteiger charge is -2.09. The smallest absolute Gasteiger partial charge is 0.259 e. The van der Waals surface area contributed by atoms with Crippen LogP contribution >= 0.6 is 23.1 Å². The zero-order valence-electron chi connectivity index (χ0n) is 14.8. The van der Waals surface area contributed by atoms with Crippen molar-refractivity contribution in [3.8, 4) is 5.75 Å². The van der Waals surface area contributed by atoms with Crippen molar-refractivity contribution in [1.29, 1.82) is 0 Å². The number of fused-ring (bicyclic) bond motifs is 3. The molecule has 1 aliphatic rings. The fourth-order valence-corrected chi connectivity index (χ4v) is 5.26. The van der Waals surface area contributed by atoms with E-state index in [-0.39, 0.29) is 5.56 Å². The zero-order valence-corrected chi connectivity index (χ0v) is 16.5. The van der Waals surface area contributed by atoms with Crippen LogP contribution in [0.5, 0.6) is 5.75 Å². The number of nitrogens with one attached hydrogen (secondary N) is 1. The van der Waals surface area contributed by atoms with Crippen molar-refractivity contribution in [3.63, 3.8) is 0 Å². The van der Waals surface area contributed by atoms with Gasteiger partial charge in [-0.25, -0.2) is 4.98 Å². The van der Waals surface area contributed by atoms with Gasteiger partial charge in [0.1, 0.15) is 16.4 Å². The van der Waals surface area contributed by atoms with Gasteiger partial charge in [0.15, 0.2) is 0 Å². The minimum absolute atomic E-state index is 0.0286. The van der Waals surface area contributed by atoms with Crippen LogP contribution in [0.2, 0.25) is 0 Å². The van der Waals surface area contributed by atoms with Gasteiger partial charge in [0.25, 0.3) is 5.56 Å². The number of hydrogen-bond donors (Lipinski definition) is 1. The van der Waals surface area contributed by atoms with Crippen molar-refractivity contribution in [2.45, 2.75) is 38.4 Å². The second kappa shape index (κ2) is 7.84. The van der Waals surface area contributed by atoms with Crippen LogP contribution in [0.3, 0.4) is 0 Å². The summed E-state index contributed by atoms with van der Waals surface area (Å²) in [4.78, 5) is 22.5. The van der Waals surface area contributed by atoms with E-state index < -0.39 is 0 Å². The molecule has 3 aromatic rings. The highest BCUT2D eigenvalue weighted by atomic mass is 32.2. The number of benzene rings is 1. The average Bonchev–Trinajstić information content (AvgIpc) is 3.02. The van der Waals surface area contributed by atoms with Crippen LogP contribution in [-0.4, -0.2) is 22.3 Å². The molecule has 0 unspecified atom stereocenters. The molecule has 2 aromatic heterocycles. The Kier molecular flexibility index (Phi) is 5.31. The lowest BCUT2D eigenvalue weighted by Crippen LogP contribution is -2.12. The number of hydrogen-bond acceptors (Lipinski definition) is 5. The average molecular weight is 387 g/mol. The molecule has 0 fully saturated rings. The summed E-state index contributed by atoms with van der Waals surface area (Å²) in [6.45, 7) is 2.71. The molecule has 0 bridgehead atoms. The number of aryl methyl sites for hydroxylation is 3. The third kappa shape index (κ3) is 3.81. The monoisotopic (exact) mass is 386 g/mol. The normalized spacial score (nSPS) is 13.7. The molecule has 0 saturated carbocycles. The van der Waals surface area contributed by atoms with Gasteiger partial charge in [-0.05, 0) is 50.3 Å². The second-order valence-corrected chi connectivity index (χ2v) is 8.81. The maximum atomic E-state index is 12.5. The second-order valence-electron chi connectivity index (χ2n) is 6.62. The molecule has 0 saturated heterocycles. The number of ether oxygens (including phenoxy) is 1. The lowest BCUT2D eigenvalue weighted by atomic mass is 9.97. The van der Waals surface area contributed by atoms with Crippen molar-refractivity contribution in [2.24, 2.45) is 0 Å². The van der Waals surface area contributed by atoms with Gasteiger partial charge in [-0.1, -0.05) is 17.7 Å². The highest BCUT2D eigenvalue weighted by molar-refractivity contribution is 7.98. The van der Waals surface area contributed by atoms with E-state index in [9.17, 15) is 4.79 Å². The number of H-pyrrole nitrogens is 1. The van der Waals surface area contributed by atoms with Gasteiger partial charge in [-0.2, -0.15) is 11.8 Å². The predicted octanol–water partition coefficient (Wildman–Crippen LogP) is 4.48. The topological polar surface area (TPSA) is 55.0 Å². The van der Waals surface area contributed by atoms with E-state index in [1.807, 2.05) is 24.3 Å². The van der Waals surface area contributed by atoms with Gasteiger partial charge in [-0.3, -0.25) is 4.79 Å². The number of aromatic amines is 1. The zero-order chi connectivity index (χ0) is 17.9. The Bertz CT molecular complexity index is 960. The van der Waals surface area contributed by atoms with E-state index in [0.29, 0.717) is 12.4 Å². The Morgan fingerprint density at radius 3 is 2.88 bits per heavy atom. The van der Waals surface area contributed by atoms with E-state index in [1.54, 1.807) is 23.1 Å². The fourth-order valence-electron chi connectivity index (χ4n) is 3.30. The molecule has 26 heavy (non-hydrogen) atoms. The Balaban J connectivity index is 1.35. The molecular weight excluding hydrogens is 364 g/mol. The van der Waals surface area contributed by atoms with Crippen LogP contribution in [-0.2, 0) is 18.6 Å². The molecule has 4 rings (SSSR count). The summed E-state index contributed by atoms with van der Waals surface area (Å²) in [5, 5.41) is 0.834. The fraction of sp³-hybridized carbons (Fsp3) is 0.400. The minimum atomic E-state index is 0.0286. The maximum absolute atomic E-state index is 12.5. The van der Waals surface area contributed by atoms with Gasteiger partial charge < -0.3 is 9.72 Å². The van der Waals surface area contributed by atoms with Crippen LogP contribution < -0.4 is 10.3 Å². The summed E-state index contributed by atoms with van der Waals surface area (Å²) in [5.74, 6) is 3.22.